The number of carbonyl (C=O) groups excluding carboxylic acids is 2. The first-order valence-electron chi connectivity index (χ1n) is 11.6. The molecular weight excluding hydrogens is 432 g/mol. The molecule has 1 saturated carbocycles. The Labute approximate surface area is 199 Å². The molecule has 4 atom stereocenters. The average molecular weight is 461 g/mol. The summed E-state index contributed by atoms with van der Waals surface area (Å²) in [5, 5.41) is 0. The summed E-state index contributed by atoms with van der Waals surface area (Å²) in [5.74, 6) is 6.70. The topological polar surface area (TPSA) is 91.1 Å². The third-order valence-corrected chi connectivity index (χ3v) is 7.36. The number of ether oxygens (including phenoxy) is 3. The van der Waals surface area contributed by atoms with E-state index in [-0.39, 0.29) is 18.5 Å². The van der Waals surface area contributed by atoms with Crippen LogP contribution in [0.25, 0.3) is 0 Å². The molecule has 4 bridgehead atoms. The van der Waals surface area contributed by atoms with Gasteiger partial charge in [0.05, 0.1) is 12.7 Å². The first kappa shape index (κ1) is 22.1. The summed E-state index contributed by atoms with van der Waals surface area (Å²) in [6.07, 6.45) is 1.44. The van der Waals surface area contributed by atoms with Crippen LogP contribution in [-0.2, 0) is 20.9 Å². The maximum Gasteiger partial charge on any atom is 0.410 e. The predicted octanol–water partition coefficient (Wildman–Crippen LogP) is 3.75. The molecule has 2 aromatic carbocycles. The molecule has 1 aliphatic carbocycles. The lowest BCUT2D eigenvalue weighted by Gasteiger charge is -2.54. The van der Waals surface area contributed by atoms with Crippen molar-refractivity contribution in [2.45, 2.75) is 44.4 Å². The van der Waals surface area contributed by atoms with Gasteiger partial charge in [0.15, 0.2) is 5.41 Å². The molecule has 6 rings (SSSR count). The molecule has 3 saturated heterocycles. The number of nitrogens with two attached hydrogens (primary N) is 1. The number of anilines is 1. The molecule has 34 heavy (non-hydrogen) atoms. The Morgan fingerprint density at radius 1 is 1.24 bits per heavy atom. The molecule has 1 amide bonds. The van der Waals surface area contributed by atoms with Crippen molar-refractivity contribution in [3.8, 4) is 17.6 Å². The van der Waals surface area contributed by atoms with E-state index in [1.165, 1.54) is 0 Å². The Morgan fingerprint density at radius 3 is 2.76 bits per heavy atom. The highest BCUT2D eigenvalue weighted by atomic mass is 16.6. The largest absolute Gasteiger partial charge is 0.497 e. The van der Waals surface area contributed by atoms with Crippen LogP contribution in [0.5, 0.6) is 5.75 Å². The Bertz CT molecular complexity index is 1190. The fourth-order valence-corrected chi connectivity index (χ4v) is 5.83. The SMILES string of the molecule is CC[C@@]12CC3CN(C(=O)OCc4ccccc4)C1[C@](C#Cc1cc(OC)ccc1N)(C3)C(=O)O2. The second-order valence-electron chi connectivity index (χ2n) is 9.35. The van der Waals surface area contributed by atoms with Crippen LogP contribution >= 0.6 is 0 Å². The second kappa shape index (κ2) is 8.28. The van der Waals surface area contributed by atoms with Crippen LogP contribution in [0.2, 0.25) is 0 Å². The standard InChI is InChI=1S/C27H28N2O5/c1-3-27-15-19-14-26(24(30)34-27,12-11-20-13-21(32-2)9-10-22(20)28)23(27)29(16-19)25(31)33-17-18-7-5-4-6-8-18/h4-10,13,19,23H,3,14-17,28H2,1-2H3/t19?,23?,26-,27+/m0/s1. The van der Waals surface area contributed by atoms with Gasteiger partial charge in [-0.2, -0.15) is 0 Å². The van der Waals surface area contributed by atoms with Crippen molar-refractivity contribution in [1.82, 2.24) is 4.90 Å². The second-order valence-corrected chi connectivity index (χ2v) is 9.35. The Balaban J connectivity index is 1.49. The van der Waals surface area contributed by atoms with Gasteiger partial charge in [-0.1, -0.05) is 49.1 Å². The lowest BCUT2D eigenvalue weighted by Crippen LogP contribution is -2.68. The summed E-state index contributed by atoms with van der Waals surface area (Å²) >= 11 is 0. The molecule has 7 heteroatoms. The van der Waals surface area contributed by atoms with Crippen LogP contribution < -0.4 is 10.5 Å². The van der Waals surface area contributed by atoms with Crippen molar-refractivity contribution in [2.24, 2.45) is 11.3 Å². The minimum Gasteiger partial charge on any atom is -0.497 e. The van der Waals surface area contributed by atoms with Gasteiger partial charge in [0.2, 0.25) is 0 Å². The molecule has 176 valence electrons. The molecule has 0 aromatic heterocycles. The van der Waals surface area contributed by atoms with Crippen LogP contribution in [-0.4, -0.2) is 42.3 Å². The lowest BCUT2D eigenvalue weighted by molar-refractivity contribution is -0.153. The third-order valence-electron chi connectivity index (χ3n) is 7.36. The molecule has 3 heterocycles. The van der Waals surface area contributed by atoms with Gasteiger partial charge in [0.25, 0.3) is 0 Å². The molecule has 0 spiro atoms. The number of nitrogens with zero attached hydrogens (tertiary/aromatic N) is 1. The normalized spacial score (nSPS) is 28.6. The van der Waals surface area contributed by atoms with E-state index in [0.29, 0.717) is 36.4 Å². The maximum absolute atomic E-state index is 13.3. The highest BCUT2D eigenvalue weighted by Crippen LogP contribution is 2.59. The van der Waals surface area contributed by atoms with Gasteiger partial charge >= 0.3 is 12.1 Å². The van der Waals surface area contributed by atoms with Crippen LogP contribution in [0.1, 0.15) is 37.3 Å². The smallest absolute Gasteiger partial charge is 0.410 e. The third kappa shape index (κ3) is 3.45. The van der Waals surface area contributed by atoms with Gasteiger partial charge in [-0.25, -0.2) is 4.79 Å². The van der Waals surface area contributed by atoms with E-state index in [9.17, 15) is 9.59 Å². The molecule has 2 N–H and O–H groups in total. The van der Waals surface area contributed by atoms with Crippen molar-refractivity contribution in [3.63, 3.8) is 0 Å². The first-order chi connectivity index (χ1) is 16.4. The zero-order chi connectivity index (χ0) is 23.9. The predicted molar refractivity (Wildman–Crippen MR) is 126 cm³/mol. The van der Waals surface area contributed by atoms with Crippen LogP contribution in [0.3, 0.4) is 0 Å². The van der Waals surface area contributed by atoms with E-state index >= 15 is 0 Å². The molecular formula is C27H28N2O5. The van der Waals surface area contributed by atoms with E-state index in [4.69, 9.17) is 19.9 Å². The molecule has 0 radical (unpaired) electrons. The van der Waals surface area contributed by atoms with E-state index in [2.05, 4.69) is 11.8 Å². The van der Waals surface area contributed by atoms with Crippen molar-refractivity contribution >= 4 is 17.7 Å². The van der Waals surface area contributed by atoms with Gasteiger partial charge in [-0.05, 0) is 48.9 Å². The number of piperidine rings is 2. The van der Waals surface area contributed by atoms with E-state index in [0.717, 1.165) is 12.0 Å². The Morgan fingerprint density at radius 2 is 2.03 bits per heavy atom. The summed E-state index contributed by atoms with van der Waals surface area (Å²) in [4.78, 5) is 28.3. The summed E-state index contributed by atoms with van der Waals surface area (Å²) in [7, 11) is 1.57. The average Bonchev–Trinajstić information content (AvgIpc) is 3.05. The summed E-state index contributed by atoms with van der Waals surface area (Å²) < 4.78 is 17.0. The number of rotatable bonds is 4. The summed E-state index contributed by atoms with van der Waals surface area (Å²) in [6.45, 7) is 2.69. The van der Waals surface area contributed by atoms with Crippen LogP contribution in [0.4, 0.5) is 10.5 Å². The monoisotopic (exact) mass is 460 g/mol. The van der Waals surface area contributed by atoms with Gasteiger partial charge < -0.3 is 19.9 Å². The van der Waals surface area contributed by atoms with E-state index < -0.39 is 23.2 Å². The number of benzene rings is 2. The van der Waals surface area contributed by atoms with Crippen LogP contribution in [0.15, 0.2) is 48.5 Å². The maximum atomic E-state index is 13.3. The molecule has 4 fully saturated rings. The fourth-order valence-electron chi connectivity index (χ4n) is 5.83. The molecule has 4 aliphatic rings. The number of carbonyl (C=O) groups is 2. The van der Waals surface area contributed by atoms with Crippen LogP contribution in [0, 0.1) is 23.2 Å². The van der Waals surface area contributed by atoms with E-state index in [1.807, 2.05) is 37.3 Å². The zero-order valence-electron chi connectivity index (χ0n) is 19.4. The van der Waals surface area contributed by atoms with Gasteiger partial charge in [-0.15, -0.1) is 0 Å². The highest BCUT2D eigenvalue weighted by molar-refractivity contribution is 5.88. The number of nitrogen functional groups attached to an aromatic ring is 1. The van der Waals surface area contributed by atoms with Gasteiger partial charge in [0, 0.05) is 12.2 Å². The quantitative estimate of drug-likeness (QED) is 0.425. The van der Waals surface area contributed by atoms with Gasteiger partial charge in [0.1, 0.15) is 24.0 Å². The molecule has 3 aliphatic heterocycles. The number of hydrogen-bond donors (Lipinski definition) is 1. The summed E-state index contributed by atoms with van der Waals surface area (Å²) in [6, 6.07) is 14.3. The number of amides is 1. The highest BCUT2D eigenvalue weighted by Gasteiger charge is 2.73. The minimum absolute atomic E-state index is 0.0950. The Hall–Kier alpha value is -3.66. The van der Waals surface area contributed by atoms with Crippen molar-refractivity contribution in [1.29, 1.82) is 0 Å². The molecule has 2 aromatic rings. The molecule has 7 nitrogen and oxygen atoms in total. The Kier molecular flexibility index (Phi) is 5.40. The number of esters is 1. The van der Waals surface area contributed by atoms with Crippen molar-refractivity contribution in [2.75, 3.05) is 19.4 Å². The van der Waals surface area contributed by atoms with Crippen molar-refractivity contribution < 1.29 is 23.8 Å². The number of fused-ring (bicyclic) bond motifs is 1. The first-order valence-corrected chi connectivity index (χ1v) is 11.6. The summed E-state index contributed by atoms with van der Waals surface area (Å²) in [5.41, 5.74) is 6.25. The fraction of sp³-hybridized carbons (Fsp3) is 0.407. The molecule has 2 unspecified atom stereocenters. The number of methoxy groups -OCH3 is 1. The zero-order valence-corrected chi connectivity index (χ0v) is 19.4. The lowest BCUT2D eigenvalue weighted by atomic mass is 9.58. The van der Waals surface area contributed by atoms with Crippen molar-refractivity contribution in [3.05, 3.63) is 59.7 Å². The van der Waals surface area contributed by atoms with E-state index in [1.54, 1.807) is 30.2 Å². The minimum atomic E-state index is -1.11. The van der Waals surface area contributed by atoms with Gasteiger partial charge in [-0.3, -0.25) is 9.69 Å². The number of hydrogen-bond acceptors (Lipinski definition) is 6.